The quantitative estimate of drug-likeness (QED) is 0.845. The predicted molar refractivity (Wildman–Crippen MR) is 67.5 cm³/mol. The number of pyridine rings is 1. The van der Waals surface area contributed by atoms with Crippen LogP contribution in [-0.4, -0.2) is 10.9 Å². The number of carbonyl (C=O) groups excluding carboxylic acids is 1. The van der Waals surface area contributed by atoms with Crippen molar-refractivity contribution >= 4 is 5.91 Å². The minimum Gasteiger partial charge on any atom is -0.326 e. The Bertz CT molecular complexity index is 483. The van der Waals surface area contributed by atoms with Crippen LogP contribution in [0, 0.1) is 6.92 Å². The highest BCUT2D eigenvalue weighted by Crippen LogP contribution is 2.15. The molecule has 2 rings (SSSR count). The molecule has 1 aliphatic rings. The van der Waals surface area contributed by atoms with Gasteiger partial charge in [-0.15, -0.1) is 0 Å². The van der Waals surface area contributed by atoms with Crippen molar-refractivity contribution in [3.8, 4) is 0 Å². The van der Waals surface area contributed by atoms with Gasteiger partial charge in [0.05, 0.1) is 5.56 Å². The fourth-order valence-corrected chi connectivity index (χ4v) is 1.67. The molecule has 0 bridgehead atoms. The minimum atomic E-state index is -0.0864. The molecule has 0 atom stereocenters. The van der Waals surface area contributed by atoms with Crippen molar-refractivity contribution in [2.24, 2.45) is 0 Å². The van der Waals surface area contributed by atoms with Gasteiger partial charge in [-0.3, -0.25) is 9.78 Å². The molecule has 1 heterocycles. The van der Waals surface area contributed by atoms with Crippen molar-refractivity contribution in [1.29, 1.82) is 0 Å². The molecule has 1 amide bonds. The van der Waals surface area contributed by atoms with Crippen LogP contribution < -0.4 is 5.32 Å². The number of aromatic nitrogens is 1. The molecule has 0 radical (unpaired) electrons. The van der Waals surface area contributed by atoms with Crippen LogP contribution in [-0.2, 0) is 0 Å². The fraction of sp³-hybridized carbons (Fsp3) is 0.286. The second-order valence-corrected chi connectivity index (χ2v) is 4.35. The number of aryl methyl sites for hydroxylation is 1. The first-order chi connectivity index (χ1) is 8.15. The van der Waals surface area contributed by atoms with Gasteiger partial charge in [-0.25, -0.2) is 0 Å². The van der Waals surface area contributed by atoms with E-state index in [9.17, 15) is 4.79 Å². The predicted octanol–water partition coefficient (Wildman–Crippen LogP) is 2.74. The molecule has 88 valence electrons. The Morgan fingerprint density at radius 2 is 2.06 bits per heavy atom. The lowest BCUT2D eigenvalue weighted by Crippen LogP contribution is -2.23. The van der Waals surface area contributed by atoms with Crippen molar-refractivity contribution in [1.82, 2.24) is 10.3 Å². The molecular weight excluding hydrogens is 212 g/mol. The number of amides is 1. The zero-order chi connectivity index (χ0) is 12.3. The number of hydrogen-bond acceptors (Lipinski definition) is 2. The SMILES string of the molecule is CC1=CC=C(NC(=O)c2ccc(C)nc2)CC1. The van der Waals surface area contributed by atoms with Crippen LogP contribution in [0.5, 0.6) is 0 Å². The van der Waals surface area contributed by atoms with Crippen molar-refractivity contribution in [2.45, 2.75) is 26.7 Å². The van der Waals surface area contributed by atoms with E-state index >= 15 is 0 Å². The summed E-state index contributed by atoms with van der Waals surface area (Å²) in [5, 5.41) is 2.91. The second-order valence-electron chi connectivity index (χ2n) is 4.35. The standard InChI is InChI=1S/C14H16N2O/c1-10-3-7-13(8-4-10)16-14(17)12-6-5-11(2)15-9-12/h3,5-7,9H,4,8H2,1-2H3,(H,16,17). The maximum Gasteiger partial charge on any atom is 0.256 e. The minimum absolute atomic E-state index is 0.0864. The number of rotatable bonds is 2. The monoisotopic (exact) mass is 228 g/mol. The van der Waals surface area contributed by atoms with E-state index in [0.29, 0.717) is 5.56 Å². The first-order valence-electron chi connectivity index (χ1n) is 5.75. The molecule has 0 saturated heterocycles. The molecule has 3 heteroatoms. The summed E-state index contributed by atoms with van der Waals surface area (Å²) in [5.74, 6) is -0.0864. The van der Waals surface area contributed by atoms with Crippen molar-refractivity contribution < 1.29 is 4.79 Å². The zero-order valence-corrected chi connectivity index (χ0v) is 10.2. The number of nitrogens with one attached hydrogen (secondary N) is 1. The van der Waals surface area contributed by atoms with Crippen LogP contribution in [0.4, 0.5) is 0 Å². The topological polar surface area (TPSA) is 42.0 Å². The zero-order valence-electron chi connectivity index (χ0n) is 10.2. The van der Waals surface area contributed by atoms with E-state index in [4.69, 9.17) is 0 Å². The van der Waals surface area contributed by atoms with Crippen LogP contribution in [0.2, 0.25) is 0 Å². The van der Waals surface area contributed by atoms with Crippen LogP contribution in [0.15, 0.2) is 41.8 Å². The van der Waals surface area contributed by atoms with Crippen LogP contribution >= 0.6 is 0 Å². The van der Waals surface area contributed by atoms with Gasteiger partial charge in [0.25, 0.3) is 5.91 Å². The Labute approximate surface area is 101 Å². The molecule has 0 aliphatic heterocycles. The third-order valence-corrected chi connectivity index (χ3v) is 2.81. The molecule has 17 heavy (non-hydrogen) atoms. The van der Waals surface area contributed by atoms with Crippen LogP contribution in [0.3, 0.4) is 0 Å². The van der Waals surface area contributed by atoms with Gasteiger partial charge in [0.2, 0.25) is 0 Å². The molecule has 0 saturated carbocycles. The van der Waals surface area contributed by atoms with E-state index in [1.807, 2.05) is 25.1 Å². The Hall–Kier alpha value is -1.90. The van der Waals surface area contributed by atoms with E-state index in [1.165, 1.54) is 5.57 Å². The highest BCUT2D eigenvalue weighted by molar-refractivity contribution is 5.95. The normalized spacial score (nSPS) is 14.9. The third-order valence-electron chi connectivity index (χ3n) is 2.81. The van der Waals surface area contributed by atoms with Gasteiger partial charge in [0.1, 0.15) is 0 Å². The third kappa shape index (κ3) is 3.03. The summed E-state index contributed by atoms with van der Waals surface area (Å²) in [6.07, 6.45) is 7.53. The lowest BCUT2D eigenvalue weighted by molar-refractivity contribution is 0.0964. The molecule has 0 fully saturated rings. The summed E-state index contributed by atoms with van der Waals surface area (Å²) in [5.41, 5.74) is 3.83. The maximum atomic E-state index is 11.9. The molecule has 0 aromatic carbocycles. The van der Waals surface area contributed by atoms with Crippen LogP contribution in [0.25, 0.3) is 0 Å². The Morgan fingerprint density at radius 1 is 1.24 bits per heavy atom. The number of hydrogen-bond donors (Lipinski definition) is 1. The summed E-state index contributed by atoms with van der Waals surface area (Å²) in [7, 11) is 0. The van der Waals surface area contributed by atoms with Gasteiger partial charge < -0.3 is 5.32 Å². The van der Waals surface area contributed by atoms with Crippen LogP contribution in [0.1, 0.15) is 35.8 Å². The molecule has 1 aromatic heterocycles. The lowest BCUT2D eigenvalue weighted by Gasteiger charge is -2.13. The van der Waals surface area contributed by atoms with Crippen molar-refractivity contribution in [2.75, 3.05) is 0 Å². The summed E-state index contributed by atoms with van der Waals surface area (Å²) < 4.78 is 0. The maximum absolute atomic E-state index is 11.9. The van der Waals surface area contributed by atoms with Gasteiger partial charge >= 0.3 is 0 Å². The van der Waals surface area contributed by atoms with Gasteiger partial charge in [0, 0.05) is 17.6 Å². The Balaban J connectivity index is 2.05. The largest absolute Gasteiger partial charge is 0.326 e. The average Bonchev–Trinajstić information content (AvgIpc) is 2.33. The number of allylic oxidation sites excluding steroid dienone is 4. The average molecular weight is 228 g/mol. The first kappa shape index (κ1) is 11.6. The smallest absolute Gasteiger partial charge is 0.256 e. The molecular formula is C14H16N2O. The first-order valence-corrected chi connectivity index (χ1v) is 5.75. The Kier molecular flexibility index (Phi) is 3.38. The lowest BCUT2D eigenvalue weighted by atomic mass is 10.0. The highest BCUT2D eigenvalue weighted by atomic mass is 16.1. The van der Waals surface area contributed by atoms with Crippen molar-refractivity contribution in [3.05, 3.63) is 53.0 Å². The van der Waals surface area contributed by atoms with E-state index in [2.05, 4.69) is 17.2 Å². The van der Waals surface area contributed by atoms with E-state index in [-0.39, 0.29) is 5.91 Å². The van der Waals surface area contributed by atoms with Crippen molar-refractivity contribution in [3.63, 3.8) is 0 Å². The van der Waals surface area contributed by atoms with E-state index in [1.54, 1.807) is 12.3 Å². The van der Waals surface area contributed by atoms with E-state index in [0.717, 1.165) is 24.2 Å². The molecule has 0 spiro atoms. The summed E-state index contributed by atoms with van der Waals surface area (Å²) in [4.78, 5) is 16.0. The molecule has 1 aliphatic carbocycles. The molecule has 1 N–H and O–H groups in total. The molecule has 1 aromatic rings. The summed E-state index contributed by atoms with van der Waals surface area (Å²) in [6.45, 7) is 4.00. The van der Waals surface area contributed by atoms with Gasteiger partial charge in [0.15, 0.2) is 0 Å². The van der Waals surface area contributed by atoms with Gasteiger partial charge in [-0.1, -0.05) is 11.6 Å². The Morgan fingerprint density at radius 3 is 2.65 bits per heavy atom. The summed E-state index contributed by atoms with van der Waals surface area (Å²) in [6, 6.07) is 3.64. The molecule has 3 nitrogen and oxygen atoms in total. The second kappa shape index (κ2) is 4.95. The number of carbonyl (C=O) groups is 1. The molecule has 0 unspecified atom stereocenters. The van der Waals surface area contributed by atoms with Gasteiger partial charge in [-0.05, 0) is 44.9 Å². The number of nitrogens with zero attached hydrogens (tertiary/aromatic N) is 1. The van der Waals surface area contributed by atoms with E-state index < -0.39 is 0 Å². The highest BCUT2D eigenvalue weighted by Gasteiger charge is 2.09. The van der Waals surface area contributed by atoms with Gasteiger partial charge in [-0.2, -0.15) is 0 Å². The fourth-order valence-electron chi connectivity index (χ4n) is 1.67. The summed E-state index contributed by atoms with van der Waals surface area (Å²) >= 11 is 0.